The maximum atomic E-state index is 11.8. The maximum absolute atomic E-state index is 11.8. The molecule has 1 unspecified atom stereocenters. The summed E-state index contributed by atoms with van der Waals surface area (Å²) in [4.78, 5) is 12.9. The molecule has 0 saturated carbocycles. The minimum Gasteiger partial charge on any atom is -0.349 e. The second-order valence-electron chi connectivity index (χ2n) is 6.61. The number of hydrogen-bond donors (Lipinski definition) is 3. The average Bonchev–Trinajstić information content (AvgIpc) is 2.81. The van der Waals surface area contributed by atoms with E-state index in [4.69, 9.17) is 12.2 Å². The van der Waals surface area contributed by atoms with E-state index in [-0.39, 0.29) is 11.9 Å². The summed E-state index contributed by atoms with van der Waals surface area (Å²) in [6, 6.07) is 6.36. The first kappa shape index (κ1) is 19.6. The summed E-state index contributed by atoms with van der Waals surface area (Å²) < 4.78 is 2.46. The number of aryl methyl sites for hydroxylation is 2. The fourth-order valence-electron chi connectivity index (χ4n) is 2.36. The number of hydrogen-bond acceptors (Lipinski definition) is 5. The molecule has 0 bridgehead atoms. The summed E-state index contributed by atoms with van der Waals surface area (Å²) in [6.45, 7) is 9.02. The lowest BCUT2D eigenvalue weighted by Gasteiger charge is -2.14. The van der Waals surface area contributed by atoms with Gasteiger partial charge in [0.1, 0.15) is 0 Å². The van der Waals surface area contributed by atoms with Crippen molar-refractivity contribution in [2.24, 2.45) is 0 Å². The van der Waals surface area contributed by atoms with Crippen LogP contribution in [-0.4, -0.2) is 35.3 Å². The molecule has 3 N–H and O–H groups in total. The van der Waals surface area contributed by atoms with Crippen LogP contribution in [0.3, 0.4) is 0 Å². The second kappa shape index (κ2) is 8.55. The molecule has 0 saturated heterocycles. The maximum Gasteiger partial charge on any atom is 0.275 e. The first-order valence-electron chi connectivity index (χ1n) is 8.27. The Bertz CT molecular complexity index is 797. The number of rotatable bonds is 7. The van der Waals surface area contributed by atoms with Crippen molar-refractivity contribution in [2.75, 3.05) is 18.9 Å². The van der Waals surface area contributed by atoms with E-state index < -0.39 is 0 Å². The predicted molar refractivity (Wildman–Crippen MR) is 105 cm³/mol. The van der Waals surface area contributed by atoms with Crippen LogP contribution in [0.4, 0.5) is 10.8 Å². The van der Waals surface area contributed by atoms with E-state index >= 15 is 0 Å². The van der Waals surface area contributed by atoms with E-state index in [0.717, 1.165) is 15.7 Å². The largest absolute Gasteiger partial charge is 0.349 e. The lowest BCUT2D eigenvalue weighted by atomic mass is 10.1. The Labute approximate surface area is 157 Å². The average molecular weight is 381 g/mol. The van der Waals surface area contributed by atoms with Crippen LogP contribution in [0.1, 0.15) is 25.0 Å². The molecule has 0 fully saturated rings. The van der Waals surface area contributed by atoms with Crippen molar-refractivity contribution in [2.45, 2.75) is 40.4 Å². The molecule has 1 aromatic heterocycles. The Balaban J connectivity index is 2.00. The Morgan fingerprint density at radius 3 is 2.72 bits per heavy atom. The molecule has 6 nitrogen and oxygen atoms in total. The predicted octanol–water partition coefficient (Wildman–Crippen LogP) is 2.03. The van der Waals surface area contributed by atoms with E-state index in [1.54, 1.807) is 4.68 Å². The topological polar surface area (TPSA) is 63.4 Å². The van der Waals surface area contributed by atoms with Crippen LogP contribution < -0.4 is 15.5 Å². The fourth-order valence-corrected chi connectivity index (χ4v) is 3.38. The first-order valence-corrected chi connectivity index (χ1v) is 9.50. The zero-order chi connectivity index (χ0) is 18.6. The highest BCUT2D eigenvalue weighted by Gasteiger charge is 2.13. The molecule has 0 aliphatic heterocycles. The number of carbonyl (C=O) groups is 1. The third kappa shape index (κ3) is 5.91. The van der Waals surface area contributed by atoms with Gasteiger partial charge >= 0.3 is 0 Å². The van der Waals surface area contributed by atoms with Crippen LogP contribution in [0.5, 0.6) is 0 Å². The number of quaternary nitrogens is 1. The summed E-state index contributed by atoms with van der Waals surface area (Å²) in [5, 5.41) is 11.5. The first-order chi connectivity index (χ1) is 11.7. The number of nitrogens with zero attached hydrogens (tertiary/aromatic N) is 2. The van der Waals surface area contributed by atoms with E-state index in [1.807, 2.05) is 27.0 Å². The van der Waals surface area contributed by atoms with Crippen molar-refractivity contribution >= 4 is 40.3 Å². The van der Waals surface area contributed by atoms with E-state index in [9.17, 15) is 4.79 Å². The molecule has 136 valence electrons. The molecule has 2 rings (SSSR count). The summed E-state index contributed by atoms with van der Waals surface area (Å²) in [5.41, 5.74) is 3.48. The summed E-state index contributed by atoms with van der Waals surface area (Å²) >= 11 is 6.84. The number of aromatic nitrogens is 2. The molecule has 8 heteroatoms. The number of likely N-dealkylation sites (N-methyl/N-ethyl adjacent to an activating group) is 1. The number of benzene rings is 1. The van der Waals surface area contributed by atoms with Gasteiger partial charge in [0.15, 0.2) is 17.2 Å². The standard InChI is InChI=1S/C17H25N5OS2/c1-11(2)18-15(23)9-21(5)10-22-17(24)25-16(20-22)19-14-7-6-12(3)13(4)8-14/h6-8,11H,9-10H2,1-5H3,(H,18,23)(H,19,20)/p+1. The van der Waals surface area contributed by atoms with Gasteiger partial charge in [-0.3, -0.25) is 4.79 Å². The van der Waals surface area contributed by atoms with Crippen molar-refractivity contribution in [3.8, 4) is 0 Å². The molecule has 0 aliphatic rings. The highest BCUT2D eigenvalue weighted by atomic mass is 32.1. The van der Waals surface area contributed by atoms with Gasteiger partial charge < -0.3 is 15.5 Å². The summed E-state index contributed by atoms with van der Waals surface area (Å²) in [7, 11) is 1.96. The third-order valence-corrected chi connectivity index (χ3v) is 4.92. The molecule has 1 aromatic carbocycles. The molecule has 1 atom stereocenters. The minimum atomic E-state index is 0.0303. The Morgan fingerprint density at radius 1 is 1.36 bits per heavy atom. The van der Waals surface area contributed by atoms with Crippen LogP contribution in [0.2, 0.25) is 0 Å². The van der Waals surface area contributed by atoms with Crippen molar-refractivity contribution in [3.05, 3.63) is 33.3 Å². The molecule has 0 aliphatic carbocycles. The van der Waals surface area contributed by atoms with Gasteiger partial charge in [-0.25, -0.2) is 0 Å². The Kier molecular flexibility index (Phi) is 6.69. The molecule has 0 spiro atoms. The monoisotopic (exact) mass is 380 g/mol. The smallest absolute Gasteiger partial charge is 0.275 e. The van der Waals surface area contributed by atoms with Gasteiger partial charge in [0.25, 0.3) is 5.91 Å². The molecule has 1 amide bonds. The van der Waals surface area contributed by atoms with E-state index in [0.29, 0.717) is 17.2 Å². The number of carbonyl (C=O) groups excluding carboxylic acids is 1. The van der Waals surface area contributed by atoms with Crippen LogP contribution in [0.25, 0.3) is 0 Å². The fraction of sp³-hybridized carbons (Fsp3) is 0.471. The van der Waals surface area contributed by atoms with E-state index in [1.165, 1.54) is 22.5 Å². The molecule has 1 heterocycles. The van der Waals surface area contributed by atoms with Crippen LogP contribution >= 0.6 is 23.6 Å². The Morgan fingerprint density at radius 2 is 2.08 bits per heavy atom. The molecule has 25 heavy (non-hydrogen) atoms. The van der Waals surface area contributed by atoms with E-state index in [2.05, 4.69) is 41.7 Å². The lowest BCUT2D eigenvalue weighted by molar-refractivity contribution is -0.895. The van der Waals surface area contributed by atoms with Crippen LogP contribution in [0, 0.1) is 17.8 Å². The highest BCUT2D eigenvalue weighted by molar-refractivity contribution is 7.73. The quantitative estimate of drug-likeness (QED) is 0.643. The van der Waals surface area contributed by atoms with Gasteiger partial charge in [0, 0.05) is 11.7 Å². The van der Waals surface area contributed by atoms with Crippen molar-refractivity contribution in [1.82, 2.24) is 15.1 Å². The van der Waals surface area contributed by atoms with Gasteiger partial charge in [-0.15, -0.1) is 5.10 Å². The highest BCUT2D eigenvalue weighted by Crippen LogP contribution is 2.21. The number of anilines is 2. The molecular formula is C17H26N5OS2+. The lowest BCUT2D eigenvalue weighted by Crippen LogP contribution is -3.09. The van der Waals surface area contributed by atoms with Gasteiger partial charge in [0.2, 0.25) is 5.13 Å². The molecular weight excluding hydrogens is 354 g/mol. The SMILES string of the molecule is Cc1ccc(Nc2nn(C[NH+](C)CC(=O)NC(C)C)c(=S)s2)cc1C. The van der Waals surface area contributed by atoms with Crippen LogP contribution in [0.15, 0.2) is 18.2 Å². The minimum absolute atomic E-state index is 0.0303. The molecule has 2 aromatic rings. The van der Waals surface area contributed by atoms with Crippen LogP contribution in [-0.2, 0) is 11.5 Å². The van der Waals surface area contributed by atoms with Gasteiger partial charge in [-0.1, -0.05) is 17.4 Å². The summed E-state index contributed by atoms with van der Waals surface area (Å²) in [6.07, 6.45) is 0. The third-order valence-electron chi connectivity index (χ3n) is 3.70. The van der Waals surface area contributed by atoms with Crippen molar-refractivity contribution in [3.63, 3.8) is 0 Å². The van der Waals surface area contributed by atoms with Gasteiger partial charge in [-0.2, -0.15) is 4.68 Å². The van der Waals surface area contributed by atoms with Crippen molar-refractivity contribution in [1.29, 1.82) is 0 Å². The van der Waals surface area contributed by atoms with Crippen molar-refractivity contribution < 1.29 is 9.69 Å². The normalized spacial score (nSPS) is 12.2. The molecule has 0 radical (unpaired) electrons. The second-order valence-corrected chi connectivity index (χ2v) is 8.23. The number of amides is 1. The number of nitrogens with one attached hydrogen (secondary N) is 3. The zero-order valence-electron chi connectivity index (χ0n) is 15.3. The van der Waals surface area contributed by atoms with Gasteiger partial charge in [0.05, 0.1) is 7.05 Å². The summed E-state index contributed by atoms with van der Waals surface area (Å²) in [5.74, 6) is 0.0303. The Hall–Kier alpha value is -1.77. The zero-order valence-corrected chi connectivity index (χ0v) is 17.0. The van der Waals surface area contributed by atoms with Gasteiger partial charge in [-0.05, 0) is 63.2 Å².